The first-order chi connectivity index (χ1) is 6.09. The Labute approximate surface area is 72.8 Å². The maximum Gasteiger partial charge on any atom is 0.416 e. The summed E-state index contributed by atoms with van der Waals surface area (Å²) in [6.45, 7) is 0.692. The molecule has 2 nitrogen and oxygen atoms in total. The average Bonchev–Trinajstić information content (AvgIpc) is 2.48. The fraction of sp³-hybridized carbons (Fsp3) is 0.375. The van der Waals surface area contributed by atoms with E-state index in [0.717, 1.165) is 6.07 Å². The van der Waals surface area contributed by atoms with Crippen molar-refractivity contribution in [3.63, 3.8) is 0 Å². The number of nitrogens with one attached hydrogen (secondary N) is 1. The number of fused-ring (bicyclic) bond motifs is 1. The first-order valence-corrected chi connectivity index (χ1v) is 3.83. The first kappa shape index (κ1) is 8.50. The first-order valence-electron chi connectivity index (χ1n) is 3.83. The summed E-state index contributed by atoms with van der Waals surface area (Å²) >= 11 is 0. The van der Waals surface area contributed by atoms with Gasteiger partial charge < -0.3 is 5.32 Å². The van der Waals surface area contributed by atoms with Crippen molar-refractivity contribution in [2.75, 3.05) is 0 Å². The second-order valence-electron chi connectivity index (χ2n) is 2.89. The van der Waals surface area contributed by atoms with E-state index in [1.165, 1.54) is 6.20 Å². The summed E-state index contributed by atoms with van der Waals surface area (Å²) in [6.07, 6.45) is -3.06. The third-order valence-electron chi connectivity index (χ3n) is 2.04. The Kier molecular flexibility index (Phi) is 1.76. The van der Waals surface area contributed by atoms with Crippen LogP contribution in [-0.2, 0) is 19.3 Å². The van der Waals surface area contributed by atoms with E-state index in [2.05, 4.69) is 10.3 Å². The minimum atomic E-state index is -4.26. The summed E-state index contributed by atoms with van der Waals surface area (Å²) < 4.78 is 37.2. The molecule has 70 valence electrons. The molecule has 0 saturated heterocycles. The van der Waals surface area contributed by atoms with Crippen molar-refractivity contribution in [2.45, 2.75) is 19.3 Å². The van der Waals surface area contributed by atoms with Crippen molar-refractivity contribution < 1.29 is 13.2 Å². The Morgan fingerprint density at radius 3 is 2.77 bits per heavy atom. The van der Waals surface area contributed by atoms with Crippen molar-refractivity contribution in [2.24, 2.45) is 0 Å². The van der Waals surface area contributed by atoms with Crippen LogP contribution in [0.3, 0.4) is 0 Å². The standard InChI is InChI=1S/C8H7F3N2/c9-8(10,11)6-1-2-13-7-4-12-3-5(6)7/h1-2,12H,3-4H2. The molecule has 0 fully saturated rings. The molecule has 1 N–H and O–H groups in total. The van der Waals surface area contributed by atoms with Crippen LogP contribution in [0.1, 0.15) is 16.8 Å². The zero-order valence-corrected chi connectivity index (χ0v) is 6.65. The van der Waals surface area contributed by atoms with Crippen LogP contribution in [0.15, 0.2) is 12.3 Å². The zero-order chi connectivity index (χ0) is 9.47. The van der Waals surface area contributed by atoms with E-state index in [0.29, 0.717) is 12.2 Å². The lowest BCUT2D eigenvalue weighted by Crippen LogP contribution is -2.10. The normalized spacial score (nSPS) is 15.9. The molecule has 1 aliphatic heterocycles. The van der Waals surface area contributed by atoms with Gasteiger partial charge in [-0.3, -0.25) is 4.98 Å². The van der Waals surface area contributed by atoms with Gasteiger partial charge in [0, 0.05) is 24.8 Å². The summed E-state index contributed by atoms with van der Waals surface area (Å²) in [7, 11) is 0. The number of aromatic nitrogens is 1. The molecule has 1 aromatic heterocycles. The van der Waals surface area contributed by atoms with Crippen molar-refractivity contribution in [3.8, 4) is 0 Å². The number of rotatable bonds is 0. The van der Waals surface area contributed by atoms with E-state index in [9.17, 15) is 13.2 Å². The number of hydrogen-bond donors (Lipinski definition) is 1. The molecule has 13 heavy (non-hydrogen) atoms. The van der Waals surface area contributed by atoms with E-state index in [1.54, 1.807) is 0 Å². The van der Waals surface area contributed by atoms with Crippen molar-refractivity contribution in [1.29, 1.82) is 0 Å². The lowest BCUT2D eigenvalue weighted by Gasteiger charge is -2.09. The van der Waals surface area contributed by atoms with Crippen LogP contribution >= 0.6 is 0 Å². The van der Waals surface area contributed by atoms with Gasteiger partial charge in [-0.05, 0) is 6.07 Å². The molecule has 0 amide bonds. The smallest absolute Gasteiger partial charge is 0.307 e. The van der Waals surface area contributed by atoms with Crippen LogP contribution < -0.4 is 5.32 Å². The molecule has 0 bridgehead atoms. The van der Waals surface area contributed by atoms with Gasteiger partial charge in [-0.15, -0.1) is 0 Å². The number of alkyl halides is 3. The summed E-state index contributed by atoms with van der Waals surface area (Å²) in [5, 5.41) is 2.84. The van der Waals surface area contributed by atoms with Crippen LogP contribution in [0.25, 0.3) is 0 Å². The molecule has 0 radical (unpaired) electrons. The predicted octanol–water partition coefficient (Wildman–Crippen LogP) is 1.70. The Morgan fingerprint density at radius 2 is 2.08 bits per heavy atom. The molecule has 2 rings (SSSR count). The molecule has 1 aromatic rings. The van der Waals surface area contributed by atoms with Crippen molar-refractivity contribution in [3.05, 3.63) is 29.1 Å². The maximum absolute atomic E-state index is 12.4. The van der Waals surface area contributed by atoms with Gasteiger partial charge in [-0.2, -0.15) is 13.2 Å². The van der Waals surface area contributed by atoms with Gasteiger partial charge in [0.2, 0.25) is 0 Å². The summed E-state index contributed by atoms with van der Waals surface area (Å²) in [5.41, 5.74) is 0.229. The summed E-state index contributed by atoms with van der Waals surface area (Å²) in [6, 6.07) is 1.02. The van der Waals surface area contributed by atoms with E-state index < -0.39 is 11.7 Å². The van der Waals surface area contributed by atoms with Crippen LogP contribution in [-0.4, -0.2) is 4.98 Å². The van der Waals surface area contributed by atoms with Crippen LogP contribution in [0.5, 0.6) is 0 Å². The molecule has 0 unspecified atom stereocenters. The molecule has 0 aromatic carbocycles. The van der Waals surface area contributed by atoms with Crippen LogP contribution in [0.2, 0.25) is 0 Å². The van der Waals surface area contributed by atoms with Crippen LogP contribution in [0, 0.1) is 0 Å². The fourth-order valence-electron chi connectivity index (χ4n) is 1.46. The fourth-order valence-corrected chi connectivity index (χ4v) is 1.46. The summed E-state index contributed by atoms with van der Waals surface area (Å²) in [4.78, 5) is 3.87. The van der Waals surface area contributed by atoms with Gasteiger partial charge in [0.1, 0.15) is 0 Å². The Balaban J connectivity index is 2.54. The quantitative estimate of drug-likeness (QED) is 0.670. The third kappa shape index (κ3) is 1.39. The molecule has 0 saturated carbocycles. The molecule has 0 atom stereocenters. The molecular weight excluding hydrogens is 181 g/mol. The third-order valence-corrected chi connectivity index (χ3v) is 2.04. The minimum absolute atomic E-state index is 0.262. The topological polar surface area (TPSA) is 24.9 Å². The largest absolute Gasteiger partial charge is 0.416 e. The maximum atomic E-state index is 12.4. The Morgan fingerprint density at radius 1 is 1.31 bits per heavy atom. The Bertz CT molecular complexity index is 333. The number of pyridine rings is 1. The van der Waals surface area contributed by atoms with Gasteiger partial charge in [-0.25, -0.2) is 0 Å². The monoisotopic (exact) mass is 188 g/mol. The van der Waals surface area contributed by atoms with Gasteiger partial charge in [-0.1, -0.05) is 0 Å². The SMILES string of the molecule is FC(F)(F)c1ccnc2c1CNC2. The second kappa shape index (κ2) is 2.70. The van der Waals surface area contributed by atoms with Gasteiger partial charge >= 0.3 is 6.18 Å². The van der Waals surface area contributed by atoms with E-state index >= 15 is 0 Å². The molecular formula is C8H7F3N2. The highest BCUT2D eigenvalue weighted by Gasteiger charge is 2.35. The molecule has 2 heterocycles. The summed E-state index contributed by atoms with van der Waals surface area (Å²) in [5.74, 6) is 0. The Hall–Kier alpha value is -1.10. The number of halogens is 3. The number of hydrogen-bond acceptors (Lipinski definition) is 2. The average molecular weight is 188 g/mol. The highest BCUT2D eigenvalue weighted by atomic mass is 19.4. The second-order valence-corrected chi connectivity index (χ2v) is 2.89. The van der Waals surface area contributed by atoms with Crippen molar-refractivity contribution in [1.82, 2.24) is 10.3 Å². The lowest BCUT2D eigenvalue weighted by atomic mass is 10.1. The lowest BCUT2D eigenvalue weighted by molar-refractivity contribution is -0.138. The predicted molar refractivity (Wildman–Crippen MR) is 39.8 cm³/mol. The molecule has 1 aliphatic rings. The van der Waals surface area contributed by atoms with Gasteiger partial charge in [0.15, 0.2) is 0 Å². The van der Waals surface area contributed by atoms with E-state index in [-0.39, 0.29) is 12.1 Å². The highest BCUT2D eigenvalue weighted by molar-refractivity contribution is 5.34. The highest BCUT2D eigenvalue weighted by Crippen LogP contribution is 2.33. The number of nitrogens with zero attached hydrogens (tertiary/aromatic N) is 1. The van der Waals surface area contributed by atoms with Gasteiger partial charge in [0.25, 0.3) is 0 Å². The molecule has 0 spiro atoms. The van der Waals surface area contributed by atoms with Crippen LogP contribution in [0.4, 0.5) is 13.2 Å². The molecule has 5 heteroatoms. The van der Waals surface area contributed by atoms with E-state index in [4.69, 9.17) is 0 Å². The molecule has 0 aliphatic carbocycles. The minimum Gasteiger partial charge on any atom is -0.307 e. The zero-order valence-electron chi connectivity index (χ0n) is 6.65. The van der Waals surface area contributed by atoms with Gasteiger partial charge in [0.05, 0.1) is 11.3 Å². The van der Waals surface area contributed by atoms with E-state index in [1.807, 2.05) is 0 Å². The van der Waals surface area contributed by atoms with Crippen molar-refractivity contribution >= 4 is 0 Å².